The number of aryl methyl sites for hydroxylation is 2. The van der Waals surface area contributed by atoms with Crippen molar-refractivity contribution in [2.24, 2.45) is 0 Å². The minimum Gasteiger partial charge on any atom is -0.433 e. The summed E-state index contributed by atoms with van der Waals surface area (Å²) < 4.78 is 38.4. The predicted molar refractivity (Wildman–Crippen MR) is 150 cm³/mol. The van der Waals surface area contributed by atoms with Crippen molar-refractivity contribution in [2.45, 2.75) is 13.8 Å². The van der Waals surface area contributed by atoms with Crippen LogP contribution in [0.2, 0.25) is 0 Å². The van der Waals surface area contributed by atoms with E-state index < -0.39 is 17.4 Å². The Kier molecular flexibility index (Phi) is 6.81. The van der Waals surface area contributed by atoms with Gasteiger partial charge in [0.15, 0.2) is 11.6 Å². The maximum atomic E-state index is 14.0. The lowest BCUT2D eigenvalue weighted by Crippen LogP contribution is -2.06. The first-order valence-corrected chi connectivity index (χ1v) is 13.0. The van der Waals surface area contributed by atoms with Crippen molar-refractivity contribution in [3.63, 3.8) is 0 Å². The normalized spacial score (nSPS) is 11.1. The number of H-pyrrole nitrogens is 1. The van der Waals surface area contributed by atoms with E-state index in [4.69, 9.17) is 4.74 Å². The third kappa shape index (κ3) is 4.58. The molecule has 0 spiro atoms. The number of hydrogen-bond acceptors (Lipinski definition) is 6. The molecule has 7 nitrogen and oxygen atoms in total. The average molecular weight is 533 g/mol. The maximum absolute atomic E-state index is 14.0. The first kappa shape index (κ1) is 25.3. The lowest BCUT2D eigenvalue weighted by atomic mass is 10.1. The molecule has 0 aliphatic heterocycles. The first-order chi connectivity index (χ1) is 18.3. The fourth-order valence-corrected chi connectivity index (χ4v) is 4.74. The smallest absolute Gasteiger partial charge is 0.219 e. The number of pyridine rings is 1. The average Bonchev–Trinajstić information content (AvgIpc) is 3.50. The summed E-state index contributed by atoms with van der Waals surface area (Å²) in [6.07, 6.45) is 5.28. The zero-order valence-electron chi connectivity index (χ0n) is 21.3. The number of ether oxygens (including phenoxy) is 1. The van der Waals surface area contributed by atoms with Crippen molar-refractivity contribution in [3.8, 4) is 17.3 Å². The molecule has 0 amide bonds. The second-order valence-electron chi connectivity index (χ2n) is 8.75. The Morgan fingerprint density at radius 3 is 2.53 bits per heavy atom. The zero-order chi connectivity index (χ0) is 27.0. The quantitative estimate of drug-likeness (QED) is 0.183. The SMILES string of the molecule is C=C(c1cc2cc(C)c(NSC)cc2[nH]1)c1cnn(-c2cnc(Oc3c(F)cccc3F)cc2C)c1NC. The fraction of sp³-hybridized carbons (Fsp3) is 0.143. The summed E-state index contributed by atoms with van der Waals surface area (Å²) in [6.45, 7) is 8.25. The molecule has 0 atom stereocenters. The van der Waals surface area contributed by atoms with E-state index in [1.54, 1.807) is 42.1 Å². The van der Waals surface area contributed by atoms with E-state index in [0.29, 0.717) is 11.5 Å². The van der Waals surface area contributed by atoms with Gasteiger partial charge in [-0.05, 0) is 55.3 Å². The van der Waals surface area contributed by atoms with Gasteiger partial charge in [0, 0.05) is 52.8 Å². The number of aromatic nitrogens is 4. The molecule has 194 valence electrons. The van der Waals surface area contributed by atoms with Crippen molar-refractivity contribution in [2.75, 3.05) is 23.3 Å². The molecule has 0 fully saturated rings. The first-order valence-electron chi connectivity index (χ1n) is 11.8. The topological polar surface area (TPSA) is 79.8 Å². The van der Waals surface area contributed by atoms with Gasteiger partial charge < -0.3 is 19.8 Å². The van der Waals surface area contributed by atoms with Gasteiger partial charge in [-0.25, -0.2) is 18.4 Å². The van der Waals surface area contributed by atoms with Gasteiger partial charge in [-0.3, -0.25) is 0 Å². The summed E-state index contributed by atoms with van der Waals surface area (Å²) in [5.74, 6) is -1.31. The van der Waals surface area contributed by atoms with Crippen LogP contribution in [-0.4, -0.2) is 33.1 Å². The summed E-state index contributed by atoms with van der Waals surface area (Å²) >= 11 is 1.55. The van der Waals surface area contributed by atoms with Crippen LogP contribution in [0.4, 0.5) is 20.3 Å². The number of hydrogen-bond donors (Lipinski definition) is 3. The van der Waals surface area contributed by atoms with Crippen LogP contribution in [0.5, 0.6) is 11.6 Å². The molecular weight excluding hydrogens is 506 g/mol. The van der Waals surface area contributed by atoms with Gasteiger partial charge in [-0.15, -0.1) is 0 Å². The van der Waals surface area contributed by atoms with Gasteiger partial charge in [-0.1, -0.05) is 24.6 Å². The van der Waals surface area contributed by atoms with Crippen molar-refractivity contribution in [3.05, 3.63) is 95.5 Å². The number of nitrogens with zero attached hydrogens (tertiary/aromatic N) is 3. The second kappa shape index (κ2) is 10.2. The fourth-order valence-electron chi connectivity index (χ4n) is 4.30. The van der Waals surface area contributed by atoms with E-state index in [1.807, 2.05) is 13.2 Å². The summed E-state index contributed by atoms with van der Waals surface area (Å²) in [4.78, 5) is 7.73. The number of nitrogens with one attached hydrogen (secondary N) is 3. The van der Waals surface area contributed by atoms with E-state index >= 15 is 0 Å². The molecule has 0 bridgehead atoms. The molecule has 3 heterocycles. The molecule has 5 rings (SSSR count). The lowest BCUT2D eigenvalue weighted by molar-refractivity contribution is 0.395. The summed E-state index contributed by atoms with van der Waals surface area (Å²) in [5, 5.41) is 8.88. The molecule has 0 radical (unpaired) electrons. The summed E-state index contributed by atoms with van der Waals surface area (Å²) in [6, 6.07) is 11.4. The molecule has 10 heteroatoms. The van der Waals surface area contributed by atoms with Crippen LogP contribution in [0.15, 0.2) is 61.4 Å². The van der Waals surface area contributed by atoms with Gasteiger partial charge in [0.05, 0.1) is 18.1 Å². The number of para-hydroxylation sites is 1. The Bertz CT molecular complexity index is 1660. The van der Waals surface area contributed by atoms with Crippen LogP contribution in [0, 0.1) is 25.5 Å². The number of anilines is 2. The Labute approximate surface area is 223 Å². The van der Waals surface area contributed by atoms with Crippen molar-refractivity contribution in [1.82, 2.24) is 19.7 Å². The number of aromatic amines is 1. The molecule has 0 aliphatic rings. The standard InChI is InChI=1S/C28H26F2N6OS/c1-15-9-18-11-23(34-24(18)12-22(15)35-38-5)17(3)19-13-33-36(28(19)31-4)25-14-32-26(10-16(25)2)37-27-20(29)7-6-8-21(27)30/h6-14,31,34-35H,3H2,1-2,4-5H3. The van der Waals surface area contributed by atoms with Gasteiger partial charge in [0.2, 0.25) is 11.6 Å². The monoisotopic (exact) mass is 532 g/mol. The van der Waals surface area contributed by atoms with Crippen molar-refractivity contribution < 1.29 is 13.5 Å². The number of rotatable bonds is 8. The second-order valence-corrected chi connectivity index (χ2v) is 9.37. The minimum absolute atomic E-state index is 0.0711. The van der Waals surface area contributed by atoms with Crippen LogP contribution in [-0.2, 0) is 0 Å². The molecule has 0 aliphatic carbocycles. The highest BCUT2D eigenvalue weighted by Gasteiger charge is 2.19. The largest absolute Gasteiger partial charge is 0.433 e. The molecule has 3 aromatic heterocycles. The van der Waals surface area contributed by atoms with Gasteiger partial charge >= 0.3 is 0 Å². The molecular formula is C28H26F2N6OS. The maximum Gasteiger partial charge on any atom is 0.219 e. The zero-order valence-corrected chi connectivity index (χ0v) is 22.1. The van der Waals surface area contributed by atoms with Crippen molar-refractivity contribution in [1.29, 1.82) is 0 Å². The number of halogens is 2. The molecule has 3 N–H and O–H groups in total. The van der Waals surface area contributed by atoms with E-state index in [1.165, 1.54) is 6.07 Å². The Morgan fingerprint density at radius 2 is 1.84 bits per heavy atom. The van der Waals surface area contributed by atoms with Crippen molar-refractivity contribution >= 4 is 39.9 Å². The van der Waals surface area contributed by atoms with E-state index in [-0.39, 0.29) is 5.88 Å². The van der Waals surface area contributed by atoms with Crippen LogP contribution < -0.4 is 14.8 Å². The third-order valence-electron chi connectivity index (χ3n) is 6.25. The Morgan fingerprint density at radius 1 is 1.08 bits per heavy atom. The predicted octanol–water partition coefficient (Wildman–Crippen LogP) is 7.23. The molecule has 0 unspecified atom stereocenters. The highest BCUT2D eigenvalue weighted by molar-refractivity contribution is 7.99. The van der Waals surface area contributed by atoms with Gasteiger partial charge in [0.1, 0.15) is 5.82 Å². The summed E-state index contributed by atoms with van der Waals surface area (Å²) in [7, 11) is 1.81. The van der Waals surface area contributed by atoms with E-state index in [2.05, 4.69) is 56.8 Å². The Hall–Kier alpha value is -4.31. The summed E-state index contributed by atoms with van der Waals surface area (Å²) in [5.41, 5.74) is 7.10. The third-order valence-corrected chi connectivity index (χ3v) is 6.67. The molecule has 0 saturated heterocycles. The number of fused-ring (bicyclic) bond motifs is 1. The van der Waals surface area contributed by atoms with Crippen LogP contribution >= 0.6 is 11.9 Å². The molecule has 5 aromatic rings. The van der Waals surface area contributed by atoms with Crippen LogP contribution in [0.25, 0.3) is 22.2 Å². The molecule has 2 aromatic carbocycles. The minimum atomic E-state index is -0.801. The Balaban J connectivity index is 1.46. The highest BCUT2D eigenvalue weighted by atomic mass is 32.2. The van der Waals surface area contributed by atoms with E-state index in [9.17, 15) is 8.78 Å². The van der Waals surface area contributed by atoms with Crippen LogP contribution in [0.1, 0.15) is 22.4 Å². The number of benzene rings is 2. The molecule has 38 heavy (non-hydrogen) atoms. The highest BCUT2D eigenvalue weighted by Crippen LogP contribution is 2.34. The molecule has 0 saturated carbocycles. The van der Waals surface area contributed by atoms with Gasteiger partial charge in [0.25, 0.3) is 0 Å². The van der Waals surface area contributed by atoms with E-state index in [0.717, 1.165) is 56.7 Å². The van der Waals surface area contributed by atoms with Crippen LogP contribution in [0.3, 0.4) is 0 Å². The van der Waals surface area contributed by atoms with Gasteiger partial charge in [-0.2, -0.15) is 5.10 Å². The lowest BCUT2D eigenvalue weighted by Gasteiger charge is -2.13.